The van der Waals surface area contributed by atoms with Crippen molar-refractivity contribution >= 4 is 23.3 Å². The molecule has 0 atom stereocenters. The summed E-state index contributed by atoms with van der Waals surface area (Å²) >= 11 is 0. The number of amides is 2. The van der Waals surface area contributed by atoms with Crippen LogP contribution in [0, 0.1) is 6.92 Å². The molecule has 0 fully saturated rings. The van der Waals surface area contributed by atoms with Gasteiger partial charge in [-0.3, -0.25) is 14.4 Å². The van der Waals surface area contributed by atoms with Crippen molar-refractivity contribution < 1.29 is 27.9 Å². The quantitative estimate of drug-likeness (QED) is 0.448. The molecule has 172 valence electrons. The Morgan fingerprint density at radius 2 is 1.65 bits per heavy atom. The lowest BCUT2D eigenvalue weighted by Crippen LogP contribution is -2.30. The molecule has 0 unspecified atom stereocenters. The van der Waals surface area contributed by atoms with E-state index in [1.807, 2.05) is 0 Å². The maximum absolute atomic E-state index is 13.5. The van der Waals surface area contributed by atoms with E-state index in [2.05, 4.69) is 10.1 Å². The monoisotopic (exact) mass is 468 g/mol. The molecule has 4 aromatic rings. The first-order valence-corrected chi connectivity index (χ1v) is 10.1. The first kappa shape index (κ1) is 21.4. The zero-order chi connectivity index (χ0) is 24.4. The standard InChI is InChI=1S/C23H15F3N4O4/c1-11-12(5-4-8-16(11)23(24,25)26)9-15-19-27-17(31)10-18(32)30(19)28-20(15)29-21(33)13-6-2-3-7-14(13)22(29)34/h2-8,10,32H,9H2,1H3,(H,27,31). The molecule has 2 N–H and O–H groups in total. The number of nitrogens with one attached hydrogen (secondary N) is 1. The van der Waals surface area contributed by atoms with Crippen LogP contribution in [0.1, 0.15) is 43.0 Å². The van der Waals surface area contributed by atoms with Crippen LogP contribution in [0.25, 0.3) is 5.65 Å². The summed E-state index contributed by atoms with van der Waals surface area (Å²) in [6.45, 7) is 1.31. The number of imide groups is 1. The topological polar surface area (TPSA) is 108 Å². The van der Waals surface area contributed by atoms with Crippen LogP contribution in [0.2, 0.25) is 0 Å². The van der Waals surface area contributed by atoms with E-state index in [0.29, 0.717) is 0 Å². The van der Waals surface area contributed by atoms with E-state index in [1.54, 1.807) is 12.1 Å². The second-order valence-electron chi connectivity index (χ2n) is 7.81. The van der Waals surface area contributed by atoms with Gasteiger partial charge in [-0.05, 0) is 36.2 Å². The average Bonchev–Trinajstić information content (AvgIpc) is 3.24. The Kier molecular flexibility index (Phi) is 4.60. The van der Waals surface area contributed by atoms with Gasteiger partial charge in [-0.2, -0.15) is 17.7 Å². The van der Waals surface area contributed by atoms with Crippen molar-refractivity contribution in [2.45, 2.75) is 19.5 Å². The maximum atomic E-state index is 13.5. The minimum atomic E-state index is -4.58. The van der Waals surface area contributed by atoms with E-state index in [9.17, 15) is 32.7 Å². The van der Waals surface area contributed by atoms with Gasteiger partial charge in [-0.25, -0.2) is 4.90 Å². The van der Waals surface area contributed by atoms with Crippen molar-refractivity contribution in [3.05, 3.63) is 92.3 Å². The molecule has 3 heterocycles. The number of carbonyl (C=O) groups is 2. The summed E-state index contributed by atoms with van der Waals surface area (Å²) in [6, 6.07) is 10.7. The van der Waals surface area contributed by atoms with E-state index >= 15 is 0 Å². The summed E-state index contributed by atoms with van der Waals surface area (Å²) in [7, 11) is 0. The predicted octanol–water partition coefficient (Wildman–Crippen LogP) is 3.45. The molecule has 0 spiro atoms. The molecule has 0 radical (unpaired) electrons. The SMILES string of the molecule is Cc1c(Cc2c(N3C(=O)c4ccccc4C3=O)nn3c(O)cc(=O)[nH]c23)cccc1C(F)(F)F. The van der Waals surface area contributed by atoms with Gasteiger partial charge in [-0.1, -0.05) is 24.3 Å². The lowest BCUT2D eigenvalue weighted by Gasteiger charge is -2.16. The Balaban J connectivity index is 1.73. The number of hydrogen-bond donors (Lipinski definition) is 2. The molecule has 2 aromatic heterocycles. The second-order valence-corrected chi connectivity index (χ2v) is 7.81. The highest BCUT2D eigenvalue weighted by Crippen LogP contribution is 2.36. The highest BCUT2D eigenvalue weighted by atomic mass is 19.4. The highest BCUT2D eigenvalue weighted by molar-refractivity contribution is 6.34. The third kappa shape index (κ3) is 3.16. The van der Waals surface area contributed by atoms with Crippen molar-refractivity contribution in [1.82, 2.24) is 14.6 Å². The number of fused-ring (bicyclic) bond motifs is 2. The van der Waals surface area contributed by atoms with Gasteiger partial charge >= 0.3 is 6.18 Å². The minimum Gasteiger partial charge on any atom is -0.493 e. The number of hydrogen-bond acceptors (Lipinski definition) is 5. The lowest BCUT2D eigenvalue weighted by molar-refractivity contribution is -0.138. The predicted molar refractivity (Wildman–Crippen MR) is 114 cm³/mol. The first-order chi connectivity index (χ1) is 16.1. The maximum Gasteiger partial charge on any atom is 0.416 e. The third-order valence-electron chi connectivity index (χ3n) is 5.81. The number of alkyl halides is 3. The Labute approximate surface area is 188 Å². The van der Waals surface area contributed by atoms with Gasteiger partial charge in [0.15, 0.2) is 5.82 Å². The third-order valence-corrected chi connectivity index (χ3v) is 5.81. The van der Waals surface area contributed by atoms with Crippen LogP contribution >= 0.6 is 0 Å². The van der Waals surface area contributed by atoms with Crippen LogP contribution in [-0.4, -0.2) is 31.5 Å². The Morgan fingerprint density at radius 1 is 1.00 bits per heavy atom. The Bertz CT molecular complexity index is 1530. The summed E-state index contributed by atoms with van der Waals surface area (Å²) < 4.78 is 41.3. The number of aromatic hydroxyl groups is 1. The molecule has 0 aliphatic carbocycles. The van der Waals surface area contributed by atoms with Gasteiger partial charge in [0.2, 0.25) is 5.88 Å². The number of carbonyl (C=O) groups excluding carboxylic acids is 2. The van der Waals surface area contributed by atoms with Crippen molar-refractivity contribution in [2.24, 2.45) is 0 Å². The Morgan fingerprint density at radius 3 is 2.26 bits per heavy atom. The van der Waals surface area contributed by atoms with Crippen LogP contribution in [0.4, 0.5) is 19.0 Å². The number of aromatic amines is 1. The molecule has 0 saturated heterocycles. The number of halogens is 3. The largest absolute Gasteiger partial charge is 0.493 e. The molecule has 0 saturated carbocycles. The lowest BCUT2D eigenvalue weighted by atomic mass is 9.97. The summed E-state index contributed by atoms with van der Waals surface area (Å²) in [4.78, 5) is 41.5. The minimum absolute atomic E-state index is 0.0478. The van der Waals surface area contributed by atoms with E-state index < -0.39 is 35.0 Å². The highest BCUT2D eigenvalue weighted by Gasteiger charge is 2.40. The van der Waals surface area contributed by atoms with Crippen LogP contribution < -0.4 is 10.5 Å². The fourth-order valence-corrected chi connectivity index (χ4v) is 4.16. The van der Waals surface area contributed by atoms with Crippen LogP contribution in [0.5, 0.6) is 5.88 Å². The molecule has 5 rings (SSSR count). The fraction of sp³-hybridized carbons (Fsp3) is 0.130. The number of H-pyrrole nitrogens is 1. The van der Waals surface area contributed by atoms with Gasteiger partial charge in [0.25, 0.3) is 17.4 Å². The second kappa shape index (κ2) is 7.30. The van der Waals surface area contributed by atoms with Crippen molar-refractivity contribution in [3.63, 3.8) is 0 Å². The van der Waals surface area contributed by atoms with E-state index in [1.165, 1.54) is 31.2 Å². The van der Waals surface area contributed by atoms with Gasteiger partial charge in [0, 0.05) is 12.0 Å². The number of anilines is 1. The van der Waals surface area contributed by atoms with Crippen molar-refractivity contribution in [3.8, 4) is 5.88 Å². The molecule has 8 nitrogen and oxygen atoms in total. The van der Waals surface area contributed by atoms with Crippen LogP contribution in [-0.2, 0) is 12.6 Å². The van der Waals surface area contributed by atoms with Crippen LogP contribution in [0.3, 0.4) is 0 Å². The molecular weight excluding hydrogens is 453 g/mol. The van der Waals surface area contributed by atoms with E-state index in [-0.39, 0.29) is 45.7 Å². The smallest absolute Gasteiger partial charge is 0.416 e. The molecule has 0 bridgehead atoms. The van der Waals surface area contributed by atoms with E-state index in [4.69, 9.17) is 0 Å². The first-order valence-electron chi connectivity index (χ1n) is 10.1. The number of aromatic nitrogens is 3. The molecular formula is C23H15F3N4O4. The number of nitrogens with zero attached hydrogens (tertiary/aromatic N) is 3. The number of rotatable bonds is 3. The molecule has 1 aliphatic rings. The zero-order valence-corrected chi connectivity index (χ0v) is 17.5. The summed E-state index contributed by atoms with van der Waals surface area (Å²) in [5.41, 5.74) is -0.997. The summed E-state index contributed by atoms with van der Waals surface area (Å²) in [6.07, 6.45) is -4.79. The van der Waals surface area contributed by atoms with Gasteiger partial charge in [-0.15, -0.1) is 5.10 Å². The van der Waals surface area contributed by atoms with Gasteiger partial charge < -0.3 is 10.1 Å². The van der Waals surface area contributed by atoms with Gasteiger partial charge in [0.1, 0.15) is 5.65 Å². The fourth-order valence-electron chi connectivity index (χ4n) is 4.16. The van der Waals surface area contributed by atoms with Crippen LogP contribution in [0.15, 0.2) is 53.3 Å². The molecule has 11 heteroatoms. The molecule has 34 heavy (non-hydrogen) atoms. The van der Waals surface area contributed by atoms with Gasteiger partial charge in [0.05, 0.1) is 22.8 Å². The van der Waals surface area contributed by atoms with Crippen molar-refractivity contribution in [2.75, 3.05) is 4.90 Å². The molecule has 2 aromatic carbocycles. The van der Waals surface area contributed by atoms with E-state index in [0.717, 1.165) is 21.5 Å². The summed E-state index contributed by atoms with van der Waals surface area (Å²) in [5.74, 6) is -2.11. The average molecular weight is 468 g/mol. The zero-order valence-electron chi connectivity index (χ0n) is 17.5. The van der Waals surface area contributed by atoms with Crippen molar-refractivity contribution in [1.29, 1.82) is 0 Å². The molecule has 2 amide bonds. The Hall–Kier alpha value is -4.41. The molecule has 1 aliphatic heterocycles. The summed E-state index contributed by atoms with van der Waals surface area (Å²) in [5, 5.41) is 14.4. The normalized spacial score (nSPS) is 13.7. The number of benzene rings is 2.